The number of hydrogen-bond donors (Lipinski definition) is 2. The molecule has 0 aliphatic heterocycles. The van der Waals surface area contributed by atoms with Crippen molar-refractivity contribution in [3.8, 4) is 0 Å². The maximum Gasteiger partial charge on any atom is 0.293 e. The highest BCUT2D eigenvalue weighted by Gasteiger charge is 2.16. The minimum absolute atomic E-state index is 0.104. The van der Waals surface area contributed by atoms with Gasteiger partial charge in [0.15, 0.2) is 0 Å². The van der Waals surface area contributed by atoms with Crippen LogP contribution in [0.4, 0.5) is 11.4 Å². The zero-order valence-electron chi connectivity index (χ0n) is 11.6. The van der Waals surface area contributed by atoms with Gasteiger partial charge in [0, 0.05) is 23.2 Å². The second-order valence-corrected chi connectivity index (χ2v) is 5.10. The Morgan fingerprint density at radius 1 is 1.27 bits per heavy atom. The van der Waals surface area contributed by atoms with Gasteiger partial charge >= 0.3 is 0 Å². The second-order valence-electron chi connectivity index (χ2n) is 4.66. The van der Waals surface area contributed by atoms with Gasteiger partial charge < -0.3 is 11.1 Å². The van der Waals surface area contributed by atoms with Crippen LogP contribution in [-0.2, 0) is 6.42 Å². The van der Waals surface area contributed by atoms with Crippen molar-refractivity contribution in [2.24, 2.45) is 5.73 Å². The largest absolute Gasteiger partial charge is 0.379 e. The van der Waals surface area contributed by atoms with E-state index in [2.05, 4.69) is 5.32 Å². The number of nitrogens with zero attached hydrogens (tertiary/aromatic N) is 1. The molecule has 0 unspecified atom stereocenters. The van der Waals surface area contributed by atoms with Crippen LogP contribution in [0.3, 0.4) is 0 Å². The third kappa shape index (κ3) is 3.95. The third-order valence-electron chi connectivity index (χ3n) is 3.10. The number of nitro benzene ring substituents is 1. The van der Waals surface area contributed by atoms with Crippen molar-refractivity contribution < 1.29 is 9.72 Å². The third-order valence-corrected chi connectivity index (χ3v) is 3.33. The summed E-state index contributed by atoms with van der Waals surface area (Å²) < 4.78 is 0. The van der Waals surface area contributed by atoms with E-state index in [1.165, 1.54) is 18.2 Å². The Labute approximate surface area is 132 Å². The number of benzene rings is 2. The van der Waals surface area contributed by atoms with E-state index in [0.29, 0.717) is 23.7 Å². The van der Waals surface area contributed by atoms with E-state index in [1.54, 1.807) is 6.07 Å². The number of nitrogens with one attached hydrogen (secondary N) is 1. The molecule has 0 aliphatic rings. The SMILES string of the molecule is NC(=O)c1ccc(NCCc2cccc(Cl)c2)c([N+](=O)[O-])c1. The van der Waals surface area contributed by atoms with Crippen molar-refractivity contribution in [2.75, 3.05) is 11.9 Å². The van der Waals surface area contributed by atoms with E-state index in [1.807, 2.05) is 18.2 Å². The lowest BCUT2D eigenvalue weighted by molar-refractivity contribution is -0.384. The summed E-state index contributed by atoms with van der Waals surface area (Å²) in [5.41, 5.74) is 6.42. The van der Waals surface area contributed by atoms with E-state index in [9.17, 15) is 14.9 Å². The second kappa shape index (κ2) is 6.91. The Balaban J connectivity index is 2.09. The highest BCUT2D eigenvalue weighted by Crippen LogP contribution is 2.25. The molecule has 0 heterocycles. The highest BCUT2D eigenvalue weighted by molar-refractivity contribution is 6.30. The number of hydrogen-bond acceptors (Lipinski definition) is 4. The number of rotatable bonds is 6. The van der Waals surface area contributed by atoms with Crippen LogP contribution in [-0.4, -0.2) is 17.4 Å². The maximum absolute atomic E-state index is 11.1. The van der Waals surface area contributed by atoms with Crippen LogP contribution in [0.2, 0.25) is 5.02 Å². The van der Waals surface area contributed by atoms with Crippen LogP contribution in [0.1, 0.15) is 15.9 Å². The summed E-state index contributed by atoms with van der Waals surface area (Å²) in [6.07, 6.45) is 0.662. The average Bonchev–Trinajstić information content (AvgIpc) is 2.47. The van der Waals surface area contributed by atoms with Gasteiger partial charge in [0.25, 0.3) is 5.69 Å². The molecule has 7 heteroatoms. The van der Waals surface area contributed by atoms with Crippen LogP contribution in [0.15, 0.2) is 42.5 Å². The standard InChI is InChI=1S/C15H14ClN3O3/c16-12-3-1-2-10(8-12)6-7-18-13-5-4-11(15(17)20)9-14(13)19(21)22/h1-5,8-9,18H,6-7H2,(H2,17,20). The number of anilines is 1. The number of carbonyl (C=O) groups is 1. The van der Waals surface area contributed by atoms with Crippen LogP contribution < -0.4 is 11.1 Å². The first kappa shape index (κ1) is 15.8. The summed E-state index contributed by atoms with van der Waals surface area (Å²) in [6, 6.07) is 11.5. The summed E-state index contributed by atoms with van der Waals surface area (Å²) in [5, 5.41) is 14.7. The molecule has 114 valence electrons. The number of primary amides is 1. The lowest BCUT2D eigenvalue weighted by atomic mass is 10.1. The van der Waals surface area contributed by atoms with Gasteiger partial charge in [0.1, 0.15) is 5.69 Å². The molecule has 1 amide bonds. The predicted octanol–water partition coefficient (Wildman–Crippen LogP) is 3.00. The molecule has 0 radical (unpaired) electrons. The van der Waals surface area contributed by atoms with Gasteiger partial charge in [-0.15, -0.1) is 0 Å². The summed E-state index contributed by atoms with van der Waals surface area (Å²) in [7, 11) is 0. The fourth-order valence-corrected chi connectivity index (χ4v) is 2.23. The van der Waals surface area contributed by atoms with Crippen molar-refractivity contribution in [1.29, 1.82) is 0 Å². The number of carbonyl (C=O) groups excluding carboxylic acids is 1. The molecule has 0 atom stereocenters. The van der Waals surface area contributed by atoms with Crippen molar-refractivity contribution in [2.45, 2.75) is 6.42 Å². The average molecular weight is 320 g/mol. The van der Waals surface area contributed by atoms with Gasteiger partial charge in [-0.2, -0.15) is 0 Å². The number of nitro groups is 1. The van der Waals surface area contributed by atoms with E-state index in [4.69, 9.17) is 17.3 Å². The van der Waals surface area contributed by atoms with E-state index < -0.39 is 10.8 Å². The van der Waals surface area contributed by atoms with Crippen molar-refractivity contribution in [1.82, 2.24) is 0 Å². The number of halogens is 1. The first-order chi connectivity index (χ1) is 10.5. The molecule has 0 fully saturated rings. The summed E-state index contributed by atoms with van der Waals surface area (Å²) in [6.45, 7) is 0.497. The molecule has 22 heavy (non-hydrogen) atoms. The molecular formula is C15H14ClN3O3. The van der Waals surface area contributed by atoms with Crippen molar-refractivity contribution >= 4 is 28.9 Å². The molecule has 2 rings (SSSR count). The molecule has 0 aromatic heterocycles. The number of nitrogens with two attached hydrogens (primary N) is 1. The van der Waals surface area contributed by atoms with Crippen molar-refractivity contribution in [3.63, 3.8) is 0 Å². The Morgan fingerprint density at radius 2 is 2.05 bits per heavy atom. The maximum atomic E-state index is 11.1. The van der Waals surface area contributed by atoms with Crippen molar-refractivity contribution in [3.05, 3.63) is 68.7 Å². The van der Waals surface area contributed by atoms with Crippen LogP contribution in [0.5, 0.6) is 0 Å². The molecule has 0 saturated carbocycles. The fourth-order valence-electron chi connectivity index (χ4n) is 2.02. The minimum Gasteiger partial charge on any atom is -0.379 e. The van der Waals surface area contributed by atoms with E-state index in [-0.39, 0.29) is 11.3 Å². The summed E-state index contributed by atoms with van der Waals surface area (Å²) in [5.74, 6) is -0.700. The predicted molar refractivity (Wildman–Crippen MR) is 85.3 cm³/mol. The van der Waals surface area contributed by atoms with Gasteiger partial charge in [0.2, 0.25) is 5.91 Å². The molecule has 0 aliphatic carbocycles. The Morgan fingerprint density at radius 3 is 2.68 bits per heavy atom. The molecule has 3 N–H and O–H groups in total. The molecule has 0 spiro atoms. The molecule has 2 aromatic rings. The van der Waals surface area contributed by atoms with Gasteiger partial charge in [0.05, 0.1) is 4.92 Å². The normalized spacial score (nSPS) is 10.2. The molecule has 6 nitrogen and oxygen atoms in total. The first-order valence-electron chi connectivity index (χ1n) is 6.54. The van der Waals surface area contributed by atoms with Gasteiger partial charge in [-0.3, -0.25) is 14.9 Å². The molecule has 0 bridgehead atoms. The monoisotopic (exact) mass is 319 g/mol. The van der Waals surface area contributed by atoms with Crippen LogP contribution in [0.25, 0.3) is 0 Å². The smallest absolute Gasteiger partial charge is 0.293 e. The molecule has 0 saturated heterocycles. The van der Waals surface area contributed by atoms with Crippen LogP contribution >= 0.6 is 11.6 Å². The zero-order chi connectivity index (χ0) is 16.1. The number of amides is 1. The summed E-state index contributed by atoms with van der Waals surface area (Å²) in [4.78, 5) is 21.6. The highest BCUT2D eigenvalue weighted by atomic mass is 35.5. The fraction of sp³-hybridized carbons (Fsp3) is 0.133. The quantitative estimate of drug-likeness (QED) is 0.631. The Kier molecular flexibility index (Phi) is 4.95. The molecule has 2 aromatic carbocycles. The van der Waals surface area contributed by atoms with Gasteiger partial charge in [-0.1, -0.05) is 23.7 Å². The van der Waals surface area contributed by atoms with Gasteiger partial charge in [-0.25, -0.2) is 0 Å². The summed E-state index contributed by atoms with van der Waals surface area (Å²) >= 11 is 5.90. The Bertz CT molecular complexity index is 719. The van der Waals surface area contributed by atoms with E-state index in [0.717, 1.165) is 5.56 Å². The Hall–Kier alpha value is -2.60. The first-order valence-corrected chi connectivity index (χ1v) is 6.92. The van der Waals surface area contributed by atoms with Gasteiger partial charge in [-0.05, 0) is 36.2 Å². The zero-order valence-corrected chi connectivity index (χ0v) is 12.3. The lowest BCUT2D eigenvalue weighted by Gasteiger charge is -2.08. The topological polar surface area (TPSA) is 98.3 Å². The lowest BCUT2D eigenvalue weighted by Crippen LogP contribution is -2.12. The minimum atomic E-state index is -0.700. The van der Waals surface area contributed by atoms with Crippen LogP contribution in [0, 0.1) is 10.1 Å². The van der Waals surface area contributed by atoms with E-state index >= 15 is 0 Å². The molecular weight excluding hydrogens is 306 g/mol.